The Kier molecular flexibility index (Phi) is 4.55. The van der Waals surface area contributed by atoms with E-state index < -0.39 is 0 Å². The van der Waals surface area contributed by atoms with Crippen molar-refractivity contribution >= 4 is 11.8 Å². The summed E-state index contributed by atoms with van der Waals surface area (Å²) in [7, 11) is 0. The molecule has 1 aliphatic heterocycles. The van der Waals surface area contributed by atoms with Gasteiger partial charge in [-0.25, -0.2) is 0 Å². The number of phenolic OH excluding ortho intramolecular Hbond substituents is 1. The number of nitrogens with one attached hydrogen (secondary N) is 1. The predicted molar refractivity (Wildman–Crippen MR) is 69.1 cm³/mol. The number of hydrogen-bond acceptors (Lipinski definition) is 3. The van der Waals surface area contributed by atoms with Gasteiger partial charge in [-0.3, -0.25) is 0 Å². The molecule has 16 heavy (non-hydrogen) atoms. The summed E-state index contributed by atoms with van der Waals surface area (Å²) >= 11 is 1.83. The van der Waals surface area contributed by atoms with Crippen LogP contribution in [0, 0.1) is 0 Å². The molecule has 1 aromatic rings. The molecular formula is C13H19NOS. The quantitative estimate of drug-likeness (QED) is 0.790. The second-order valence-corrected chi connectivity index (χ2v) is 5.45. The van der Waals surface area contributed by atoms with E-state index in [1.807, 2.05) is 23.9 Å². The van der Waals surface area contributed by atoms with Crippen molar-refractivity contribution < 1.29 is 5.11 Å². The molecule has 0 aliphatic carbocycles. The van der Waals surface area contributed by atoms with Crippen LogP contribution in [0.1, 0.15) is 25.7 Å². The molecule has 3 heteroatoms. The van der Waals surface area contributed by atoms with Gasteiger partial charge in [-0.1, -0.05) is 12.5 Å². The zero-order valence-electron chi connectivity index (χ0n) is 9.48. The standard InChI is InChI=1S/C13H19NOS/c15-12-5-3-6-13(10-12)16-9-7-11-4-1-2-8-14-11/h3,5-6,10-11,14-15H,1-2,4,7-9H2. The van der Waals surface area contributed by atoms with E-state index >= 15 is 0 Å². The monoisotopic (exact) mass is 237 g/mol. The summed E-state index contributed by atoms with van der Waals surface area (Å²) in [6.45, 7) is 1.18. The fraction of sp³-hybridized carbons (Fsp3) is 0.538. The first-order valence-electron chi connectivity index (χ1n) is 6.00. The van der Waals surface area contributed by atoms with Gasteiger partial charge in [0.1, 0.15) is 5.75 Å². The minimum atomic E-state index is 0.362. The van der Waals surface area contributed by atoms with Crippen LogP contribution >= 0.6 is 11.8 Å². The topological polar surface area (TPSA) is 32.3 Å². The van der Waals surface area contributed by atoms with Crippen LogP contribution in [0.4, 0.5) is 0 Å². The molecule has 1 aromatic carbocycles. The molecule has 1 fully saturated rings. The van der Waals surface area contributed by atoms with Gasteiger partial charge in [0.25, 0.3) is 0 Å². The average molecular weight is 237 g/mol. The van der Waals surface area contributed by atoms with E-state index in [0.29, 0.717) is 11.8 Å². The molecular weight excluding hydrogens is 218 g/mol. The van der Waals surface area contributed by atoms with Gasteiger partial charge in [0.05, 0.1) is 0 Å². The maximum absolute atomic E-state index is 9.34. The Bertz CT molecular complexity index is 323. The third-order valence-electron chi connectivity index (χ3n) is 2.97. The maximum atomic E-state index is 9.34. The van der Waals surface area contributed by atoms with Gasteiger partial charge in [0, 0.05) is 10.9 Å². The summed E-state index contributed by atoms with van der Waals surface area (Å²) in [5, 5.41) is 12.9. The first-order chi connectivity index (χ1) is 7.84. The van der Waals surface area contributed by atoms with Crippen molar-refractivity contribution in [3.8, 4) is 5.75 Å². The fourth-order valence-electron chi connectivity index (χ4n) is 2.06. The Morgan fingerprint density at radius 2 is 2.31 bits per heavy atom. The molecule has 0 radical (unpaired) electrons. The van der Waals surface area contributed by atoms with Gasteiger partial charge >= 0.3 is 0 Å². The van der Waals surface area contributed by atoms with Crippen LogP contribution in [0.2, 0.25) is 0 Å². The second kappa shape index (κ2) is 6.16. The van der Waals surface area contributed by atoms with Gasteiger partial charge in [0.2, 0.25) is 0 Å². The van der Waals surface area contributed by atoms with Crippen LogP contribution < -0.4 is 5.32 Å². The average Bonchev–Trinajstić information content (AvgIpc) is 2.30. The number of rotatable bonds is 4. The number of hydrogen-bond donors (Lipinski definition) is 2. The number of phenols is 1. The van der Waals surface area contributed by atoms with Crippen molar-refractivity contribution in [2.45, 2.75) is 36.6 Å². The number of thioether (sulfide) groups is 1. The van der Waals surface area contributed by atoms with E-state index in [1.54, 1.807) is 6.07 Å². The van der Waals surface area contributed by atoms with E-state index in [2.05, 4.69) is 11.4 Å². The first-order valence-corrected chi connectivity index (χ1v) is 6.98. The van der Waals surface area contributed by atoms with Crippen molar-refractivity contribution in [2.24, 2.45) is 0 Å². The lowest BCUT2D eigenvalue weighted by atomic mass is 10.0. The Morgan fingerprint density at radius 1 is 1.38 bits per heavy atom. The van der Waals surface area contributed by atoms with E-state index in [0.717, 1.165) is 10.6 Å². The third kappa shape index (κ3) is 3.72. The van der Waals surface area contributed by atoms with Gasteiger partial charge in [-0.2, -0.15) is 0 Å². The Balaban J connectivity index is 1.71. The van der Waals surface area contributed by atoms with E-state index in [4.69, 9.17) is 0 Å². The summed E-state index contributed by atoms with van der Waals surface area (Å²) in [6.07, 6.45) is 5.24. The van der Waals surface area contributed by atoms with Crippen molar-refractivity contribution in [3.05, 3.63) is 24.3 Å². The smallest absolute Gasteiger partial charge is 0.116 e. The van der Waals surface area contributed by atoms with E-state index in [1.165, 1.54) is 32.2 Å². The van der Waals surface area contributed by atoms with Gasteiger partial charge < -0.3 is 10.4 Å². The number of benzene rings is 1. The molecule has 1 aliphatic rings. The predicted octanol–water partition coefficient (Wildman–Crippen LogP) is 3.02. The zero-order chi connectivity index (χ0) is 11.2. The SMILES string of the molecule is Oc1cccc(SCCC2CCCCN2)c1. The summed E-state index contributed by atoms with van der Waals surface area (Å²) in [6, 6.07) is 8.21. The highest BCUT2D eigenvalue weighted by molar-refractivity contribution is 7.99. The second-order valence-electron chi connectivity index (χ2n) is 4.28. The molecule has 0 spiro atoms. The lowest BCUT2D eigenvalue weighted by Gasteiger charge is -2.23. The molecule has 2 nitrogen and oxygen atoms in total. The fourth-order valence-corrected chi connectivity index (χ4v) is 3.08. The highest BCUT2D eigenvalue weighted by Crippen LogP contribution is 2.23. The molecule has 1 heterocycles. The minimum absolute atomic E-state index is 0.362. The van der Waals surface area contributed by atoms with Crippen molar-refractivity contribution in [1.82, 2.24) is 5.32 Å². The Hall–Kier alpha value is -0.670. The zero-order valence-corrected chi connectivity index (χ0v) is 10.3. The van der Waals surface area contributed by atoms with Crippen molar-refractivity contribution in [1.29, 1.82) is 0 Å². The molecule has 0 amide bonds. The summed E-state index contributed by atoms with van der Waals surface area (Å²) in [5.74, 6) is 1.49. The lowest BCUT2D eigenvalue weighted by Crippen LogP contribution is -2.34. The molecule has 0 aromatic heterocycles. The van der Waals surface area contributed by atoms with Crippen LogP contribution in [0.3, 0.4) is 0 Å². The Morgan fingerprint density at radius 3 is 3.06 bits per heavy atom. The molecule has 1 atom stereocenters. The van der Waals surface area contributed by atoms with Crippen LogP contribution in [-0.4, -0.2) is 23.4 Å². The number of piperidine rings is 1. The molecule has 0 saturated carbocycles. The van der Waals surface area contributed by atoms with Crippen LogP contribution in [0.25, 0.3) is 0 Å². The molecule has 1 unspecified atom stereocenters. The molecule has 88 valence electrons. The Labute approximate surface area is 101 Å². The highest BCUT2D eigenvalue weighted by Gasteiger charge is 2.11. The highest BCUT2D eigenvalue weighted by atomic mass is 32.2. The van der Waals surface area contributed by atoms with Crippen LogP contribution in [0.5, 0.6) is 5.75 Å². The molecule has 1 saturated heterocycles. The van der Waals surface area contributed by atoms with Gasteiger partial charge in [-0.15, -0.1) is 11.8 Å². The van der Waals surface area contributed by atoms with Gasteiger partial charge in [0.15, 0.2) is 0 Å². The third-order valence-corrected chi connectivity index (χ3v) is 3.99. The molecule has 0 bridgehead atoms. The van der Waals surface area contributed by atoms with E-state index in [-0.39, 0.29) is 0 Å². The minimum Gasteiger partial charge on any atom is -0.508 e. The summed E-state index contributed by atoms with van der Waals surface area (Å²) in [5.41, 5.74) is 0. The van der Waals surface area contributed by atoms with Crippen molar-refractivity contribution in [3.63, 3.8) is 0 Å². The van der Waals surface area contributed by atoms with Crippen LogP contribution in [0.15, 0.2) is 29.2 Å². The molecule has 2 rings (SSSR count). The molecule has 2 N–H and O–H groups in total. The van der Waals surface area contributed by atoms with Gasteiger partial charge in [-0.05, 0) is 49.8 Å². The normalized spacial score (nSPS) is 20.9. The lowest BCUT2D eigenvalue weighted by molar-refractivity contribution is 0.395. The first kappa shape index (κ1) is 11.8. The summed E-state index contributed by atoms with van der Waals surface area (Å²) in [4.78, 5) is 1.16. The van der Waals surface area contributed by atoms with Crippen LogP contribution in [-0.2, 0) is 0 Å². The van der Waals surface area contributed by atoms with Crippen molar-refractivity contribution in [2.75, 3.05) is 12.3 Å². The number of aromatic hydroxyl groups is 1. The largest absolute Gasteiger partial charge is 0.508 e. The maximum Gasteiger partial charge on any atom is 0.116 e. The van der Waals surface area contributed by atoms with E-state index in [9.17, 15) is 5.11 Å². The summed E-state index contributed by atoms with van der Waals surface area (Å²) < 4.78 is 0.